The molecule has 0 radical (unpaired) electrons. The molecule has 4 nitrogen and oxygen atoms in total. The van der Waals surface area contributed by atoms with Gasteiger partial charge >= 0.3 is 0 Å². The first-order valence-corrected chi connectivity index (χ1v) is 11.8. The summed E-state index contributed by atoms with van der Waals surface area (Å²) in [4.78, 5) is 10.8. The number of allylic oxidation sites excluding steroid dienone is 4. The third-order valence-electron chi connectivity index (χ3n) is 5.22. The molecule has 0 amide bonds. The first kappa shape index (κ1) is 22.6. The normalized spacial score (nSPS) is 20.7. The van der Waals surface area contributed by atoms with E-state index >= 15 is 0 Å². The fraction of sp³-hybridized carbons (Fsp3) is 0.333. The minimum absolute atomic E-state index is 0.178. The van der Waals surface area contributed by atoms with Crippen molar-refractivity contribution in [3.05, 3.63) is 83.3 Å². The van der Waals surface area contributed by atoms with E-state index in [1.807, 2.05) is 36.0 Å². The number of hydrogen-bond donors (Lipinski definition) is 1. The van der Waals surface area contributed by atoms with Crippen LogP contribution in [0.15, 0.2) is 82.7 Å². The predicted molar refractivity (Wildman–Crippen MR) is 133 cm³/mol. The molecule has 2 atom stereocenters. The van der Waals surface area contributed by atoms with E-state index in [4.69, 9.17) is 16.6 Å². The molecule has 1 saturated heterocycles. The molecule has 0 saturated carbocycles. The maximum Gasteiger partial charge on any atom is 0.0894 e. The van der Waals surface area contributed by atoms with Gasteiger partial charge in [0.05, 0.1) is 18.4 Å². The lowest BCUT2D eigenvalue weighted by atomic mass is 9.99. The Morgan fingerprint density at radius 1 is 1.47 bits per heavy atom. The van der Waals surface area contributed by atoms with E-state index in [0.717, 1.165) is 34.2 Å². The summed E-state index contributed by atoms with van der Waals surface area (Å²) in [5.41, 5.74) is 3.98. The predicted octanol–water partition coefficient (Wildman–Crippen LogP) is 5.77. The van der Waals surface area contributed by atoms with Crippen LogP contribution in [-0.2, 0) is 0 Å². The van der Waals surface area contributed by atoms with E-state index in [1.54, 1.807) is 6.20 Å². The number of hydrogen-bond acceptors (Lipinski definition) is 5. The first-order chi connectivity index (χ1) is 14.6. The van der Waals surface area contributed by atoms with Gasteiger partial charge in [0.25, 0.3) is 0 Å². The van der Waals surface area contributed by atoms with Crippen LogP contribution >= 0.6 is 23.4 Å². The summed E-state index contributed by atoms with van der Waals surface area (Å²) in [6, 6.07) is 8.75. The number of thioether (sulfide) groups is 1. The Hall–Kier alpha value is -2.08. The van der Waals surface area contributed by atoms with Crippen LogP contribution in [0.25, 0.3) is 0 Å². The van der Waals surface area contributed by atoms with Crippen molar-refractivity contribution in [2.45, 2.75) is 31.8 Å². The minimum atomic E-state index is 0.178. The number of halogens is 1. The molecule has 0 aliphatic carbocycles. The summed E-state index contributed by atoms with van der Waals surface area (Å²) in [6.07, 6.45) is 12.0. The van der Waals surface area contributed by atoms with Gasteiger partial charge in [-0.2, -0.15) is 11.8 Å². The number of rotatable bonds is 9. The molecule has 0 aromatic heterocycles. The highest BCUT2D eigenvalue weighted by Gasteiger charge is 2.21. The molecule has 0 bridgehead atoms. The van der Waals surface area contributed by atoms with Gasteiger partial charge in [-0.3, -0.25) is 15.3 Å². The maximum absolute atomic E-state index is 6.21. The average molecular weight is 441 g/mol. The molecule has 30 heavy (non-hydrogen) atoms. The van der Waals surface area contributed by atoms with Crippen LogP contribution in [0.4, 0.5) is 0 Å². The van der Waals surface area contributed by atoms with Crippen molar-refractivity contribution in [2.75, 3.05) is 18.2 Å². The fourth-order valence-electron chi connectivity index (χ4n) is 3.65. The Kier molecular flexibility index (Phi) is 8.55. The molecule has 1 aromatic rings. The number of aliphatic imine (C=N–C) groups is 2. The summed E-state index contributed by atoms with van der Waals surface area (Å²) in [6.45, 7) is 10.6. The second-order valence-electron chi connectivity index (χ2n) is 7.26. The summed E-state index contributed by atoms with van der Waals surface area (Å²) in [5.74, 6) is 2.38. The molecule has 1 aromatic carbocycles. The Morgan fingerprint density at radius 3 is 3.00 bits per heavy atom. The SMILES string of the molecule is C=N/C=C\C(=NCNC1CCSC1)C1=CC(=C)N(C(CC)c2cccc(Cl)c2)C=C1. The van der Waals surface area contributed by atoms with Gasteiger partial charge in [0, 0.05) is 40.5 Å². The van der Waals surface area contributed by atoms with Crippen molar-refractivity contribution in [1.82, 2.24) is 10.2 Å². The van der Waals surface area contributed by atoms with Gasteiger partial charge in [-0.25, -0.2) is 0 Å². The largest absolute Gasteiger partial charge is 0.341 e. The first-order valence-electron chi connectivity index (χ1n) is 10.2. The number of nitrogens with one attached hydrogen (secondary N) is 1. The molecular weight excluding hydrogens is 412 g/mol. The van der Waals surface area contributed by atoms with Crippen LogP contribution in [0.5, 0.6) is 0 Å². The second-order valence-corrected chi connectivity index (χ2v) is 8.84. The molecule has 2 heterocycles. The zero-order valence-corrected chi connectivity index (χ0v) is 19.0. The smallest absolute Gasteiger partial charge is 0.0894 e. The Morgan fingerprint density at radius 2 is 2.33 bits per heavy atom. The van der Waals surface area contributed by atoms with Crippen molar-refractivity contribution in [3.8, 4) is 0 Å². The van der Waals surface area contributed by atoms with Crippen LogP contribution in [0.2, 0.25) is 5.02 Å². The maximum atomic E-state index is 6.21. The molecule has 0 spiro atoms. The van der Waals surface area contributed by atoms with E-state index in [2.05, 4.69) is 59.8 Å². The van der Waals surface area contributed by atoms with Crippen LogP contribution < -0.4 is 5.32 Å². The lowest BCUT2D eigenvalue weighted by Crippen LogP contribution is -2.29. The van der Waals surface area contributed by atoms with E-state index in [-0.39, 0.29) is 6.04 Å². The Bertz CT molecular complexity index is 881. The lowest BCUT2D eigenvalue weighted by Gasteiger charge is -2.33. The third kappa shape index (κ3) is 5.97. The van der Waals surface area contributed by atoms with Crippen molar-refractivity contribution in [2.24, 2.45) is 9.98 Å². The molecule has 2 unspecified atom stereocenters. The molecule has 6 heteroatoms. The van der Waals surface area contributed by atoms with E-state index < -0.39 is 0 Å². The van der Waals surface area contributed by atoms with Gasteiger partial charge in [-0.1, -0.05) is 37.2 Å². The van der Waals surface area contributed by atoms with Crippen LogP contribution in [0, 0.1) is 0 Å². The lowest BCUT2D eigenvalue weighted by molar-refractivity contribution is 0.344. The fourth-order valence-corrected chi connectivity index (χ4v) is 5.03. The van der Waals surface area contributed by atoms with Gasteiger partial charge in [0.15, 0.2) is 0 Å². The molecule has 2 aliphatic rings. The van der Waals surface area contributed by atoms with Crippen LogP contribution in [0.3, 0.4) is 0 Å². The van der Waals surface area contributed by atoms with E-state index in [1.165, 1.54) is 17.7 Å². The summed E-state index contributed by atoms with van der Waals surface area (Å²) >= 11 is 8.21. The Balaban J connectivity index is 1.75. The monoisotopic (exact) mass is 440 g/mol. The highest BCUT2D eigenvalue weighted by Crippen LogP contribution is 2.32. The molecule has 1 fully saturated rings. The van der Waals surface area contributed by atoms with Gasteiger partial charge in [-0.05, 0) is 61.2 Å². The van der Waals surface area contributed by atoms with Gasteiger partial charge in [0.1, 0.15) is 0 Å². The molecule has 3 rings (SSSR count). The quantitative estimate of drug-likeness (QED) is 0.495. The standard InChI is InChI=1S/C24H29ClN4S/c1-4-24(20-6-5-7-21(25)15-20)29-12-9-19(14-18(29)2)23(8-11-26-3)28-17-27-22-10-13-30-16-22/h5-9,11-12,14-15,22,24,27H,2-4,10,13,16-17H2,1H3/b11-8-,28-23?. The van der Waals surface area contributed by atoms with Gasteiger partial charge in [-0.15, -0.1) is 0 Å². The van der Waals surface area contributed by atoms with Crippen molar-refractivity contribution in [3.63, 3.8) is 0 Å². The van der Waals surface area contributed by atoms with Crippen molar-refractivity contribution in [1.29, 1.82) is 0 Å². The highest BCUT2D eigenvalue weighted by atomic mass is 35.5. The summed E-state index contributed by atoms with van der Waals surface area (Å²) < 4.78 is 0. The van der Waals surface area contributed by atoms with E-state index in [9.17, 15) is 0 Å². The summed E-state index contributed by atoms with van der Waals surface area (Å²) in [7, 11) is 0. The third-order valence-corrected chi connectivity index (χ3v) is 6.61. The number of benzene rings is 1. The van der Waals surface area contributed by atoms with E-state index in [0.29, 0.717) is 12.7 Å². The average Bonchev–Trinajstić information content (AvgIpc) is 3.26. The molecule has 158 valence electrons. The Labute approximate surface area is 189 Å². The zero-order chi connectivity index (χ0) is 21.3. The van der Waals surface area contributed by atoms with Crippen LogP contribution in [0.1, 0.15) is 31.4 Å². The molecular formula is C24H29ClN4S. The van der Waals surface area contributed by atoms with Gasteiger partial charge in [0.2, 0.25) is 0 Å². The van der Waals surface area contributed by atoms with Crippen molar-refractivity contribution < 1.29 is 0 Å². The highest BCUT2D eigenvalue weighted by molar-refractivity contribution is 7.99. The van der Waals surface area contributed by atoms with Crippen molar-refractivity contribution >= 4 is 35.8 Å². The summed E-state index contributed by atoms with van der Waals surface area (Å²) in [5, 5.41) is 4.27. The number of nitrogens with zero attached hydrogens (tertiary/aromatic N) is 3. The molecule has 2 aliphatic heterocycles. The second kappa shape index (κ2) is 11.3. The van der Waals surface area contributed by atoms with Gasteiger partial charge < -0.3 is 4.90 Å². The minimum Gasteiger partial charge on any atom is -0.341 e. The zero-order valence-electron chi connectivity index (χ0n) is 17.4. The molecule has 1 N–H and O–H groups in total. The van der Waals surface area contributed by atoms with Crippen LogP contribution in [-0.4, -0.2) is 41.5 Å². The topological polar surface area (TPSA) is 40.0 Å².